The topological polar surface area (TPSA) is 77.4 Å². The van der Waals surface area contributed by atoms with Gasteiger partial charge in [0.05, 0.1) is 9.92 Å². The second-order valence-corrected chi connectivity index (χ2v) is 4.38. The predicted molar refractivity (Wildman–Crippen MR) is 46.1 cm³/mol. The van der Waals surface area contributed by atoms with Gasteiger partial charge in [0.2, 0.25) is 0 Å². The molecular formula is C6H3Cl2O4S-. The van der Waals surface area contributed by atoms with Crippen molar-refractivity contribution < 1.29 is 18.1 Å². The Morgan fingerprint density at radius 2 is 1.85 bits per heavy atom. The molecule has 0 amide bonds. The zero-order chi connectivity index (χ0) is 10.2. The number of phenolic OH excluding ortho intramolecular Hbond substituents is 1. The number of halogens is 2. The smallest absolute Gasteiger partial charge is 0.151 e. The van der Waals surface area contributed by atoms with Gasteiger partial charge in [-0.3, -0.25) is 0 Å². The molecule has 0 aromatic heterocycles. The van der Waals surface area contributed by atoms with Crippen LogP contribution in [0.3, 0.4) is 0 Å². The van der Waals surface area contributed by atoms with E-state index in [0.29, 0.717) is 0 Å². The summed E-state index contributed by atoms with van der Waals surface area (Å²) in [7, 11) is -4.75. The van der Waals surface area contributed by atoms with Crippen molar-refractivity contribution in [1.29, 1.82) is 0 Å². The molecular weight excluding hydrogens is 239 g/mol. The fourth-order valence-corrected chi connectivity index (χ4v) is 1.97. The zero-order valence-electron chi connectivity index (χ0n) is 5.99. The van der Waals surface area contributed by atoms with Crippen LogP contribution < -0.4 is 0 Å². The molecule has 0 fully saturated rings. The van der Waals surface area contributed by atoms with Crippen LogP contribution in [0.2, 0.25) is 10.0 Å². The molecule has 4 nitrogen and oxygen atoms in total. The molecule has 0 aliphatic heterocycles. The van der Waals surface area contributed by atoms with Gasteiger partial charge in [-0.25, -0.2) is 8.42 Å². The van der Waals surface area contributed by atoms with E-state index in [1.165, 1.54) is 0 Å². The average Bonchev–Trinajstić information content (AvgIpc) is 1.94. The predicted octanol–water partition coefficient (Wildman–Crippen LogP) is 1.60. The second-order valence-electron chi connectivity index (χ2n) is 2.19. The van der Waals surface area contributed by atoms with Crippen LogP contribution in [0.5, 0.6) is 5.75 Å². The van der Waals surface area contributed by atoms with E-state index >= 15 is 0 Å². The summed E-state index contributed by atoms with van der Waals surface area (Å²) in [6, 6.07) is 1.97. The van der Waals surface area contributed by atoms with E-state index in [9.17, 15) is 13.0 Å². The van der Waals surface area contributed by atoms with E-state index in [-0.39, 0.29) is 10.0 Å². The molecule has 0 saturated carbocycles. The van der Waals surface area contributed by atoms with Crippen molar-refractivity contribution >= 4 is 33.3 Å². The number of benzene rings is 1. The first-order chi connectivity index (χ1) is 5.82. The van der Waals surface area contributed by atoms with E-state index in [4.69, 9.17) is 28.3 Å². The van der Waals surface area contributed by atoms with Gasteiger partial charge in [-0.15, -0.1) is 0 Å². The fourth-order valence-electron chi connectivity index (χ4n) is 0.733. The maximum absolute atomic E-state index is 10.5. The number of phenols is 1. The van der Waals surface area contributed by atoms with Gasteiger partial charge in [-0.2, -0.15) is 0 Å². The lowest BCUT2D eigenvalue weighted by Crippen LogP contribution is -1.99. The third kappa shape index (κ3) is 2.25. The molecule has 0 atom stereocenters. The van der Waals surface area contributed by atoms with Crippen molar-refractivity contribution in [3.63, 3.8) is 0 Å². The Bertz CT molecular complexity index is 440. The minimum Gasteiger partial charge on any atom is -0.744 e. The SMILES string of the molecule is O=S(=O)([O-])c1cc(Cl)cc(Cl)c1O. The molecule has 0 aliphatic carbocycles. The van der Waals surface area contributed by atoms with Gasteiger partial charge >= 0.3 is 0 Å². The third-order valence-electron chi connectivity index (χ3n) is 1.26. The van der Waals surface area contributed by atoms with Crippen molar-refractivity contribution in [2.24, 2.45) is 0 Å². The van der Waals surface area contributed by atoms with Crippen molar-refractivity contribution in [2.45, 2.75) is 4.90 Å². The standard InChI is InChI=1S/C6H4Cl2O4S/c7-3-1-4(8)6(9)5(2-3)13(10,11)12/h1-2,9H,(H,10,11,12)/p-1. The lowest BCUT2D eigenvalue weighted by atomic mass is 10.3. The molecule has 13 heavy (non-hydrogen) atoms. The van der Waals surface area contributed by atoms with Gasteiger partial charge in [0.25, 0.3) is 0 Å². The van der Waals surface area contributed by atoms with Gasteiger partial charge in [0.1, 0.15) is 10.1 Å². The number of hydrogen-bond donors (Lipinski definition) is 1. The summed E-state index contributed by atoms with van der Waals surface area (Å²) < 4.78 is 31.6. The van der Waals surface area contributed by atoms with Gasteiger partial charge in [0, 0.05) is 5.02 Å². The van der Waals surface area contributed by atoms with Crippen molar-refractivity contribution in [3.05, 3.63) is 22.2 Å². The normalized spacial score (nSPS) is 11.6. The Morgan fingerprint density at radius 3 is 2.31 bits per heavy atom. The van der Waals surface area contributed by atoms with E-state index in [0.717, 1.165) is 12.1 Å². The first-order valence-electron chi connectivity index (χ1n) is 2.96. The van der Waals surface area contributed by atoms with Crippen LogP contribution in [0.4, 0.5) is 0 Å². The van der Waals surface area contributed by atoms with Crippen LogP contribution in [0.15, 0.2) is 17.0 Å². The van der Waals surface area contributed by atoms with Crippen molar-refractivity contribution in [2.75, 3.05) is 0 Å². The summed E-state index contributed by atoms with van der Waals surface area (Å²) in [6.45, 7) is 0. The van der Waals surface area contributed by atoms with Gasteiger partial charge < -0.3 is 9.66 Å². The highest BCUT2D eigenvalue weighted by molar-refractivity contribution is 7.85. The summed E-state index contributed by atoms with van der Waals surface area (Å²) in [4.78, 5) is -0.815. The zero-order valence-corrected chi connectivity index (χ0v) is 8.32. The van der Waals surface area contributed by atoms with Gasteiger partial charge in [-0.1, -0.05) is 23.2 Å². The van der Waals surface area contributed by atoms with Crippen LogP contribution in [0.1, 0.15) is 0 Å². The minimum absolute atomic E-state index is 0.0303. The molecule has 1 aromatic carbocycles. The first-order valence-corrected chi connectivity index (χ1v) is 5.12. The molecule has 1 rings (SSSR count). The van der Waals surface area contributed by atoms with E-state index in [1.54, 1.807) is 0 Å². The van der Waals surface area contributed by atoms with E-state index in [2.05, 4.69) is 0 Å². The van der Waals surface area contributed by atoms with Crippen LogP contribution in [0, 0.1) is 0 Å². The first kappa shape index (κ1) is 10.6. The highest BCUT2D eigenvalue weighted by Gasteiger charge is 2.12. The molecule has 1 N–H and O–H groups in total. The van der Waals surface area contributed by atoms with Crippen molar-refractivity contribution in [1.82, 2.24) is 0 Å². The lowest BCUT2D eigenvalue weighted by molar-refractivity contribution is 0.435. The Hall–Kier alpha value is -0.490. The third-order valence-corrected chi connectivity index (χ3v) is 2.62. The van der Waals surface area contributed by atoms with E-state index in [1.807, 2.05) is 0 Å². The molecule has 0 spiro atoms. The number of hydrogen-bond acceptors (Lipinski definition) is 4. The Kier molecular flexibility index (Phi) is 2.72. The quantitative estimate of drug-likeness (QED) is 0.758. The minimum atomic E-state index is -4.75. The maximum atomic E-state index is 10.5. The summed E-state index contributed by atoms with van der Waals surface area (Å²) in [5, 5.41) is 8.78. The average molecular weight is 242 g/mol. The van der Waals surface area contributed by atoms with Crippen LogP contribution in [-0.4, -0.2) is 18.1 Å². The van der Waals surface area contributed by atoms with Crippen LogP contribution in [0.25, 0.3) is 0 Å². The maximum Gasteiger partial charge on any atom is 0.151 e. The summed E-state index contributed by atoms with van der Waals surface area (Å²) in [6.07, 6.45) is 0. The summed E-state index contributed by atoms with van der Waals surface area (Å²) in [5.41, 5.74) is 0. The molecule has 0 radical (unpaired) electrons. The van der Waals surface area contributed by atoms with Crippen molar-refractivity contribution in [3.8, 4) is 5.75 Å². The largest absolute Gasteiger partial charge is 0.744 e. The number of rotatable bonds is 1. The summed E-state index contributed by atoms with van der Waals surface area (Å²) in [5.74, 6) is -0.777. The molecule has 0 bridgehead atoms. The molecule has 0 unspecified atom stereocenters. The number of aromatic hydroxyl groups is 1. The molecule has 1 aromatic rings. The Morgan fingerprint density at radius 1 is 1.31 bits per heavy atom. The molecule has 72 valence electrons. The van der Waals surface area contributed by atoms with Gasteiger partial charge in [-0.05, 0) is 12.1 Å². The lowest BCUT2D eigenvalue weighted by Gasteiger charge is -2.10. The monoisotopic (exact) mass is 241 g/mol. The van der Waals surface area contributed by atoms with E-state index < -0.39 is 20.8 Å². The highest BCUT2D eigenvalue weighted by Crippen LogP contribution is 2.33. The fraction of sp³-hybridized carbons (Fsp3) is 0. The Balaban J connectivity index is 3.56. The molecule has 0 saturated heterocycles. The molecule has 0 heterocycles. The van der Waals surface area contributed by atoms with Gasteiger partial charge in [0.15, 0.2) is 5.75 Å². The Labute approximate surface area is 84.5 Å². The highest BCUT2D eigenvalue weighted by atomic mass is 35.5. The van der Waals surface area contributed by atoms with Crippen LogP contribution >= 0.6 is 23.2 Å². The molecule has 7 heteroatoms. The molecule has 0 aliphatic rings. The van der Waals surface area contributed by atoms with Crippen LogP contribution in [-0.2, 0) is 10.1 Å². The second kappa shape index (κ2) is 3.34. The summed E-state index contributed by atoms with van der Waals surface area (Å²) >= 11 is 10.8.